The van der Waals surface area contributed by atoms with Gasteiger partial charge in [-0.3, -0.25) is 14.4 Å². The Bertz CT molecular complexity index is 442. The first-order valence-corrected chi connectivity index (χ1v) is 5.44. The van der Waals surface area contributed by atoms with Crippen LogP contribution < -0.4 is 0 Å². The van der Waals surface area contributed by atoms with Crippen LogP contribution in [0.4, 0.5) is 0 Å². The standard InChI is InChI=1S/C13H14O5/c1-10(14)18-9-12(16)8-11(15)4-2-5-13-6-3-7-17-13/h2-4,6-7H,5,8-9H2,1H3/b4-2+. The summed E-state index contributed by atoms with van der Waals surface area (Å²) in [7, 11) is 0. The summed E-state index contributed by atoms with van der Waals surface area (Å²) < 4.78 is 9.56. The molecule has 0 N–H and O–H groups in total. The summed E-state index contributed by atoms with van der Waals surface area (Å²) in [6.45, 7) is 0.853. The Balaban J connectivity index is 2.26. The fourth-order valence-corrected chi connectivity index (χ4v) is 1.22. The summed E-state index contributed by atoms with van der Waals surface area (Å²) in [6.07, 6.45) is 4.74. The van der Waals surface area contributed by atoms with Crippen LogP contribution in [0.2, 0.25) is 0 Å². The maximum absolute atomic E-state index is 11.3. The number of Topliss-reactive ketones (excluding diaryl/α,β-unsaturated/α-hetero) is 1. The van der Waals surface area contributed by atoms with Crippen molar-refractivity contribution in [2.75, 3.05) is 6.61 Å². The van der Waals surface area contributed by atoms with Crippen LogP contribution in [-0.4, -0.2) is 24.1 Å². The van der Waals surface area contributed by atoms with Crippen LogP contribution in [-0.2, 0) is 25.5 Å². The zero-order chi connectivity index (χ0) is 13.4. The van der Waals surface area contributed by atoms with Crippen LogP contribution in [0.1, 0.15) is 19.1 Å². The van der Waals surface area contributed by atoms with E-state index in [9.17, 15) is 14.4 Å². The predicted molar refractivity (Wildman–Crippen MR) is 62.8 cm³/mol. The number of ketones is 2. The molecule has 5 heteroatoms. The van der Waals surface area contributed by atoms with E-state index in [1.165, 1.54) is 13.0 Å². The second-order valence-corrected chi connectivity index (χ2v) is 3.65. The SMILES string of the molecule is CC(=O)OCC(=O)CC(=O)/C=C/Cc1ccco1. The van der Waals surface area contributed by atoms with Crippen molar-refractivity contribution in [2.45, 2.75) is 19.8 Å². The van der Waals surface area contributed by atoms with E-state index in [1.807, 2.05) is 0 Å². The predicted octanol–water partition coefficient (Wildman–Crippen LogP) is 1.47. The third kappa shape index (κ3) is 5.79. The molecule has 0 aliphatic heterocycles. The molecule has 0 saturated heterocycles. The van der Waals surface area contributed by atoms with E-state index in [1.54, 1.807) is 24.5 Å². The van der Waals surface area contributed by atoms with Crippen molar-refractivity contribution in [3.05, 3.63) is 36.3 Å². The Morgan fingerprint density at radius 3 is 2.78 bits per heavy atom. The van der Waals surface area contributed by atoms with Gasteiger partial charge in [-0.1, -0.05) is 6.08 Å². The van der Waals surface area contributed by atoms with Crippen LogP contribution in [0.3, 0.4) is 0 Å². The van der Waals surface area contributed by atoms with E-state index < -0.39 is 11.8 Å². The number of allylic oxidation sites excluding steroid dienone is 2. The number of ether oxygens (including phenoxy) is 1. The minimum absolute atomic E-state index is 0.262. The van der Waals surface area contributed by atoms with Gasteiger partial charge in [0.15, 0.2) is 11.6 Å². The van der Waals surface area contributed by atoms with E-state index in [0.29, 0.717) is 6.42 Å². The molecule has 96 valence electrons. The lowest BCUT2D eigenvalue weighted by Gasteiger charge is -1.98. The summed E-state index contributed by atoms with van der Waals surface area (Å²) in [4.78, 5) is 33.0. The van der Waals surface area contributed by atoms with E-state index in [2.05, 4.69) is 4.74 Å². The van der Waals surface area contributed by atoms with E-state index >= 15 is 0 Å². The van der Waals surface area contributed by atoms with Crippen LogP contribution in [0.15, 0.2) is 35.0 Å². The zero-order valence-corrected chi connectivity index (χ0v) is 10.0. The highest BCUT2D eigenvalue weighted by Crippen LogP contribution is 2.01. The van der Waals surface area contributed by atoms with Crippen molar-refractivity contribution in [1.29, 1.82) is 0 Å². The second-order valence-electron chi connectivity index (χ2n) is 3.65. The summed E-state index contributed by atoms with van der Waals surface area (Å²) in [5.41, 5.74) is 0. The molecule has 5 nitrogen and oxygen atoms in total. The van der Waals surface area contributed by atoms with Crippen molar-refractivity contribution in [3.63, 3.8) is 0 Å². The highest BCUT2D eigenvalue weighted by Gasteiger charge is 2.08. The number of hydrogen-bond donors (Lipinski definition) is 0. The van der Waals surface area contributed by atoms with Crippen LogP contribution >= 0.6 is 0 Å². The number of hydrogen-bond acceptors (Lipinski definition) is 5. The second kappa shape index (κ2) is 7.21. The number of furan rings is 1. The fraction of sp³-hybridized carbons (Fsp3) is 0.308. The number of esters is 1. The lowest BCUT2D eigenvalue weighted by Crippen LogP contribution is -2.14. The molecule has 0 unspecified atom stereocenters. The zero-order valence-electron chi connectivity index (χ0n) is 10.0. The molecule has 0 radical (unpaired) electrons. The number of carbonyl (C=O) groups is 3. The molecule has 0 amide bonds. The van der Waals surface area contributed by atoms with Gasteiger partial charge >= 0.3 is 5.97 Å². The molecule has 0 saturated carbocycles. The lowest BCUT2D eigenvalue weighted by molar-refractivity contribution is -0.146. The third-order valence-corrected chi connectivity index (χ3v) is 2.01. The lowest BCUT2D eigenvalue weighted by atomic mass is 10.2. The number of carbonyl (C=O) groups excluding carboxylic acids is 3. The Morgan fingerprint density at radius 2 is 2.17 bits per heavy atom. The third-order valence-electron chi connectivity index (χ3n) is 2.01. The Kier molecular flexibility index (Phi) is 5.57. The average Bonchev–Trinajstić information content (AvgIpc) is 2.79. The Morgan fingerprint density at radius 1 is 1.39 bits per heavy atom. The molecule has 1 heterocycles. The van der Waals surface area contributed by atoms with Gasteiger partial charge in [0.1, 0.15) is 12.4 Å². The fourth-order valence-electron chi connectivity index (χ4n) is 1.22. The molecular weight excluding hydrogens is 236 g/mol. The highest BCUT2D eigenvalue weighted by atomic mass is 16.5. The minimum atomic E-state index is -0.538. The van der Waals surface area contributed by atoms with Gasteiger partial charge in [0, 0.05) is 13.3 Å². The molecule has 0 bridgehead atoms. The maximum atomic E-state index is 11.3. The Hall–Kier alpha value is -2.17. The summed E-state index contributed by atoms with van der Waals surface area (Å²) >= 11 is 0. The first kappa shape index (κ1) is 13.9. The van der Waals surface area contributed by atoms with Gasteiger partial charge in [0.05, 0.1) is 12.7 Å². The van der Waals surface area contributed by atoms with Crippen LogP contribution in [0, 0.1) is 0 Å². The quantitative estimate of drug-likeness (QED) is 0.416. The molecule has 1 aromatic heterocycles. The normalized spacial score (nSPS) is 10.5. The first-order valence-electron chi connectivity index (χ1n) is 5.44. The monoisotopic (exact) mass is 250 g/mol. The smallest absolute Gasteiger partial charge is 0.303 e. The van der Waals surface area contributed by atoms with Crippen molar-refractivity contribution in [3.8, 4) is 0 Å². The largest absolute Gasteiger partial charge is 0.469 e. The van der Waals surface area contributed by atoms with Crippen molar-refractivity contribution in [1.82, 2.24) is 0 Å². The van der Waals surface area contributed by atoms with Gasteiger partial charge in [0.2, 0.25) is 0 Å². The summed E-state index contributed by atoms with van der Waals surface area (Å²) in [5.74, 6) is -0.536. The van der Waals surface area contributed by atoms with E-state index in [4.69, 9.17) is 4.42 Å². The summed E-state index contributed by atoms with van der Waals surface area (Å²) in [5, 5.41) is 0. The van der Waals surface area contributed by atoms with E-state index in [-0.39, 0.29) is 18.8 Å². The summed E-state index contributed by atoms with van der Waals surface area (Å²) in [6, 6.07) is 3.55. The van der Waals surface area contributed by atoms with Gasteiger partial charge < -0.3 is 9.15 Å². The molecule has 1 rings (SSSR count). The molecule has 0 atom stereocenters. The first-order chi connectivity index (χ1) is 8.58. The molecule has 0 aliphatic rings. The molecule has 1 aromatic rings. The van der Waals surface area contributed by atoms with Gasteiger partial charge in [0.25, 0.3) is 0 Å². The molecule has 0 aliphatic carbocycles. The van der Waals surface area contributed by atoms with Crippen LogP contribution in [0.5, 0.6) is 0 Å². The number of rotatable bonds is 7. The van der Waals surface area contributed by atoms with E-state index in [0.717, 1.165) is 5.76 Å². The van der Waals surface area contributed by atoms with Crippen molar-refractivity contribution >= 4 is 17.5 Å². The van der Waals surface area contributed by atoms with Gasteiger partial charge in [-0.15, -0.1) is 0 Å². The maximum Gasteiger partial charge on any atom is 0.303 e. The van der Waals surface area contributed by atoms with Crippen molar-refractivity contribution < 1.29 is 23.5 Å². The van der Waals surface area contributed by atoms with Gasteiger partial charge in [-0.25, -0.2) is 0 Å². The highest BCUT2D eigenvalue weighted by molar-refractivity contribution is 6.05. The van der Waals surface area contributed by atoms with Crippen LogP contribution in [0.25, 0.3) is 0 Å². The van der Waals surface area contributed by atoms with Gasteiger partial charge in [-0.2, -0.15) is 0 Å². The minimum Gasteiger partial charge on any atom is -0.469 e. The molecule has 0 spiro atoms. The molecule has 0 fully saturated rings. The van der Waals surface area contributed by atoms with Gasteiger partial charge in [-0.05, 0) is 18.2 Å². The topological polar surface area (TPSA) is 73.6 Å². The molecular formula is C13H14O5. The Labute approximate surface area is 104 Å². The molecule has 18 heavy (non-hydrogen) atoms. The average molecular weight is 250 g/mol. The van der Waals surface area contributed by atoms with Crippen molar-refractivity contribution in [2.24, 2.45) is 0 Å². The molecule has 0 aromatic carbocycles.